The Labute approximate surface area is 151 Å². The van der Waals surface area contributed by atoms with E-state index in [0.29, 0.717) is 22.1 Å². The summed E-state index contributed by atoms with van der Waals surface area (Å²) in [5, 5.41) is 31.7. The van der Waals surface area contributed by atoms with Crippen molar-refractivity contribution in [1.29, 1.82) is 0 Å². The minimum atomic E-state index is -1.19. The third-order valence-electron chi connectivity index (χ3n) is 4.24. The van der Waals surface area contributed by atoms with E-state index in [9.17, 15) is 25.0 Å². The highest BCUT2D eigenvalue weighted by Gasteiger charge is 2.22. The predicted octanol–water partition coefficient (Wildman–Crippen LogP) is 2.61. The molecular formula is C17H14N4O6. The van der Waals surface area contributed by atoms with Crippen molar-refractivity contribution < 1.29 is 19.7 Å². The Morgan fingerprint density at radius 1 is 1.11 bits per heavy atom. The zero-order valence-corrected chi connectivity index (χ0v) is 13.8. The lowest BCUT2D eigenvalue weighted by atomic mass is 9.96. The summed E-state index contributed by atoms with van der Waals surface area (Å²) < 4.78 is 0. The van der Waals surface area contributed by atoms with Gasteiger partial charge in [-0.1, -0.05) is 0 Å². The van der Waals surface area contributed by atoms with Crippen molar-refractivity contribution in [3.05, 3.63) is 68.4 Å². The van der Waals surface area contributed by atoms with Crippen LogP contribution in [0.2, 0.25) is 0 Å². The number of nitrogens with zero attached hydrogens (tertiary/aromatic N) is 2. The molecule has 0 radical (unpaired) electrons. The number of carboxylic acid groups (broad SMARTS) is 1. The van der Waals surface area contributed by atoms with E-state index in [2.05, 4.69) is 4.98 Å². The Kier molecular flexibility index (Phi) is 4.57. The van der Waals surface area contributed by atoms with E-state index in [4.69, 9.17) is 10.8 Å². The Morgan fingerprint density at radius 2 is 1.78 bits per heavy atom. The van der Waals surface area contributed by atoms with Gasteiger partial charge in [0.15, 0.2) is 0 Å². The topological polar surface area (TPSA) is 165 Å². The van der Waals surface area contributed by atoms with Gasteiger partial charge in [-0.25, -0.2) is 0 Å². The van der Waals surface area contributed by atoms with Gasteiger partial charge in [0.25, 0.3) is 11.4 Å². The summed E-state index contributed by atoms with van der Waals surface area (Å²) in [7, 11) is 0. The standard InChI is InChI=1S/C17H14N4O6/c18-13(17(22)23)7-10-8-19-16-14(21(26)27)6-5-12(15(10)16)9-1-3-11(4-2-9)20(24)25/h1-6,8,13,19H,7,18H2,(H,22,23)/t13-/m0/s1. The molecule has 4 N–H and O–H groups in total. The molecular weight excluding hydrogens is 356 g/mol. The molecule has 3 rings (SSSR count). The van der Waals surface area contributed by atoms with E-state index in [1.165, 1.54) is 42.6 Å². The number of rotatable bonds is 6. The van der Waals surface area contributed by atoms with E-state index < -0.39 is 21.9 Å². The van der Waals surface area contributed by atoms with E-state index in [0.717, 1.165) is 0 Å². The quantitative estimate of drug-likeness (QED) is 0.443. The number of aromatic nitrogens is 1. The molecule has 1 aromatic heterocycles. The van der Waals surface area contributed by atoms with Crippen LogP contribution in [0.4, 0.5) is 11.4 Å². The predicted molar refractivity (Wildman–Crippen MR) is 96.4 cm³/mol. The first-order valence-electron chi connectivity index (χ1n) is 7.80. The first-order chi connectivity index (χ1) is 12.8. The van der Waals surface area contributed by atoms with Gasteiger partial charge in [-0.15, -0.1) is 0 Å². The molecule has 0 saturated heterocycles. The van der Waals surface area contributed by atoms with Crippen LogP contribution < -0.4 is 5.73 Å². The van der Waals surface area contributed by atoms with Crippen molar-refractivity contribution in [2.75, 3.05) is 0 Å². The number of carboxylic acids is 1. The van der Waals surface area contributed by atoms with Crippen LogP contribution in [-0.2, 0) is 11.2 Å². The molecule has 27 heavy (non-hydrogen) atoms. The normalized spacial score (nSPS) is 12.0. The molecule has 1 heterocycles. The average molecular weight is 370 g/mol. The Balaban J connectivity index is 2.21. The second-order valence-electron chi connectivity index (χ2n) is 5.91. The van der Waals surface area contributed by atoms with Crippen LogP contribution in [0, 0.1) is 20.2 Å². The van der Waals surface area contributed by atoms with Gasteiger partial charge in [-0.3, -0.25) is 25.0 Å². The molecule has 0 aliphatic carbocycles. The van der Waals surface area contributed by atoms with Crippen LogP contribution in [0.5, 0.6) is 0 Å². The molecule has 0 aliphatic rings. The van der Waals surface area contributed by atoms with Crippen molar-refractivity contribution in [3.8, 4) is 11.1 Å². The Bertz CT molecular complexity index is 1060. The number of nitrogens with two attached hydrogens (primary N) is 1. The molecule has 2 aromatic carbocycles. The first-order valence-corrected chi connectivity index (χ1v) is 7.80. The maximum Gasteiger partial charge on any atom is 0.320 e. The summed E-state index contributed by atoms with van der Waals surface area (Å²) in [4.78, 5) is 35.0. The second kappa shape index (κ2) is 6.84. The number of non-ortho nitro benzene ring substituents is 2. The summed E-state index contributed by atoms with van der Waals surface area (Å²) in [6.45, 7) is 0. The van der Waals surface area contributed by atoms with Gasteiger partial charge in [0, 0.05) is 36.2 Å². The number of benzene rings is 2. The third kappa shape index (κ3) is 3.33. The van der Waals surface area contributed by atoms with Crippen molar-refractivity contribution in [1.82, 2.24) is 4.98 Å². The number of H-pyrrole nitrogens is 1. The van der Waals surface area contributed by atoms with Gasteiger partial charge >= 0.3 is 5.97 Å². The molecule has 0 amide bonds. The van der Waals surface area contributed by atoms with E-state index >= 15 is 0 Å². The molecule has 0 saturated carbocycles. The van der Waals surface area contributed by atoms with E-state index in [1.807, 2.05) is 0 Å². The highest BCUT2D eigenvalue weighted by Crippen LogP contribution is 2.37. The lowest BCUT2D eigenvalue weighted by Gasteiger charge is -2.09. The fourth-order valence-electron chi connectivity index (χ4n) is 2.94. The largest absolute Gasteiger partial charge is 0.480 e. The smallest absolute Gasteiger partial charge is 0.320 e. The van der Waals surface area contributed by atoms with Crippen molar-refractivity contribution in [2.24, 2.45) is 5.73 Å². The summed E-state index contributed by atoms with van der Waals surface area (Å²) in [5.41, 5.74) is 7.31. The van der Waals surface area contributed by atoms with Gasteiger partial charge in [-0.05, 0) is 34.9 Å². The van der Waals surface area contributed by atoms with Crippen LogP contribution in [0.1, 0.15) is 5.56 Å². The van der Waals surface area contributed by atoms with Gasteiger partial charge in [-0.2, -0.15) is 0 Å². The number of aromatic amines is 1. The number of nitro groups is 2. The highest BCUT2D eigenvalue weighted by atomic mass is 16.6. The van der Waals surface area contributed by atoms with E-state index in [1.54, 1.807) is 0 Å². The van der Waals surface area contributed by atoms with Crippen LogP contribution in [0.25, 0.3) is 22.0 Å². The van der Waals surface area contributed by atoms with Gasteiger partial charge in [0.1, 0.15) is 11.6 Å². The molecule has 10 nitrogen and oxygen atoms in total. The molecule has 138 valence electrons. The van der Waals surface area contributed by atoms with Crippen LogP contribution >= 0.6 is 0 Å². The van der Waals surface area contributed by atoms with Crippen molar-refractivity contribution in [2.45, 2.75) is 12.5 Å². The van der Waals surface area contributed by atoms with Crippen molar-refractivity contribution >= 4 is 28.2 Å². The third-order valence-corrected chi connectivity index (χ3v) is 4.24. The number of hydrogen-bond donors (Lipinski definition) is 3. The molecule has 0 bridgehead atoms. The van der Waals surface area contributed by atoms with Crippen LogP contribution in [0.15, 0.2) is 42.6 Å². The second-order valence-corrected chi connectivity index (χ2v) is 5.91. The SMILES string of the molecule is N[C@@H](Cc1c[nH]c2c([N+](=O)[O-])ccc(-c3ccc([N+](=O)[O-])cc3)c12)C(=O)O. The Morgan fingerprint density at radius 3 is 2.33 bits per heavy atom. The summed E-state index contributed by atoms with van der Waals surface area (Å²) in [5.74, 6) is -1.19. The monoisotopic (exact) mass is 370 g/mol. The number of carbonyl (C=O) groups is 1. The first kappa shape index (κ1) is 18.0. The fraction of sp³-hybridized carbons (Fsp3) is 0.118. The zero-order chi connectivity index (χ0) is 19.7. The molecule has 0 unspecified atom stereocenters. The van der Waals surface area contributed by atoms with Crippen LogP contribution in [-0.4, -0.2) is 31.9 Å². The number of nitrogens with one attached hydrogen (secondary N) is 1. The lowest BCUT2D eigenvalue weighted by molar-refractivity contribution is -0.384. The van der Waals surface area contributed by atoms with Gasteiger partial charge in [0.05, 0.1) is 9.85 Å². The van der Waals surface area contributed by atoms with Crippen LogP contribution in [0.3, 0.4) is 0 Å². The Hall–Kier alpha value is -3.79. The molecule has 10 heteroatoms. The zero-order valence-electron chi connectivity index (χ0n) is 13.8. The molecule has 3 aromatic rings. The van der Waals surface area contributed by atoms with E-state index in [-0.39, 0.29) is 23.3 Å². The molecule has 1 atom stereocenters. The number of aliphatic carboxylic acids is 1. The van der Waals surface area contributed by atoms with Gasteiger partial charge < -0.3 is 15.8 Å². The molecule has 0 fully saturated rings. The van der Waals surface area contributed by atoms with Crippen molar-refractivity contribution in [3.63, 3.8) is 0 Å². The minimum absolute atomic E-state index is 0.0313. The molecule has 0 spiro atoms. The number of hydrogen-bond acceptors (Lipinski definition) is 6. The summed E-state index contributed by atoms with van der Waals surface area (Å²) in [6.07, 6.45) is 1.46. The lowest BCUT2D eigenvalue weighted by Crippen LogP contribution is -2.32. The molecule has 0 aliphatic heterocycles. The summed E-state index contributed by atoms with van der Waals surface area (Å²) >= 11 is 0. The number of fused-ring (bicyclic) bond motifs is 1. The number of nitro benzene ring substituents is 2. The van der Waals surface area contributed by atoms with Gasteiger partial charge in [0.2, 0.25) is 0 Å². The highest BCUT2D eigenvalue weighted by molar-refractivity contribution is 6.02. The fourth-order valence-corrected chi connectivity index (χ4v) is 2.94. The minimum Gasteiger partial charge on any atom is -0.480 e. The maximum absolute atomic E-state index is 11.3. The maximum atomic E-state index is 11.3. The summed E-state index contributed by atoms with van der Waals surface area (Å²) in [6, 6.07) is 7.42. The average Bonchev–Trinajstić information content (AvgIpc) is 3.04.